The van der Waals surface area contributed by atoms with Crippen LogP contribution in [-0.2, 0) is 0 Å². The van der Waals surface area contributed by atoms with Crippen LogP contribution in [0.15, 0.2) is 28.7 Å². The average molecular weight is 279 g/mol. The third kappa shape index (κ3) is 1.82. The van der Waals surface area contributed by atoms with Crippen LogP contribution in [0, 0.1) is 17.2 Å². The van der Waals surface area contributed by atoms with Crippen LogP contribution in [0.2, 0.25) is 0 Å². The van der Waals surface area contributed by atoms with Crippen molar-refractivity contribution in [2.75, 3.05) is 11.4 Å². The Morgan fingerprint density at radius 1 is 1.38 bits per heavy atom. The molecule has 1 unspecified atom stereocenters. The molecule has 16 heavy (non-hydrogen) atoms. The minimum absolute atomic E-state index is 0.0669. The lowest BCUT2D eigenvalue weighted by atomic mass is 9.89. The summed E-state index contributed by atoms with van der Waals surface area (Å²) in [7, 11) is 0. The van der Waals surface area contributed by atoms with E-state index in [1.165, 1.54) is 5.69 Å². The van der Waals surface area contributed by atoms with Crippen LogP contribution in [0.25, 0.3) is 0 Å². The van der Waals surface area contributed by atoms with Crippen LogP contribution in [0.4, 0.5) is 5.69 Å². The molecule has 1 aliphatic rings. The molecule has 2 rings (SSSR count). The minimum Gasteiger partial charge on any atom is -0.365 e. The zero-order valence-corrected chi connectivity index (χ0v) is 11.2. The minimum atomic E-state index is -0.0669. The van der Waals surface area contributed by atoms with Gasteiger partial charge in [0.2, 0.25) is 0 Å². The van der Waals surface area contributed by atoms with Gasteiger partial charge in [0.25, 0.3) is 0 Å². The van der Waals surface area contributed by atoms with E-state index in [2.05, 4.69) is 52.9 Å². The van der Waals surface area contributed by atoms with Gasteiger partial charge in [0.1, 0.15) is 0 Å². The Balaban J connectivity index is 2.30. The molecule has 1 heterocycles. The van der Waals surface area contributed by atoms with Gasteiger partial charge in [-0.15, -0.1) is 0 Å². The van der Waals surface area contributed by atoms with Crippen molar-refractivity contribution in [2.45, 2.75) is 25.8 Å². The van der Waals surface area contributed by atoms with Gasteiger partial charge in [0.05, 0.1) is 17.5 Å². The highest BCUT2D eigenvalue weighted by atomic mass is 79.9. The van der Waals surface area contributed by atoms with Gasteiger partial charge in [0, 0.05) is 16.7 Å². The summed E-state index contributed by atoms with van der Waals surface area (Å²) in [6, 6.07) is 10.7. The van der Waals surface area contributed by atoms with Crippen LogP contribution >= 0.6 is 15.9 Å². The first kappa shape index (κ1) is 11.5. The molecule has 0 aliphatic carbocycles. The Morgan fingerprint density at radius 2 is 2.00 bits per heavy atom. The highest BCUT2D eigenvalue weighted by Crippen LogP contribution is 2.37. The fraction of sp³-hybridized carbons (Fsp3) is 0.462. The van der Waals surface area contributed by atoms with Crippen LogP contribution in [-0.4, -0.2) is 12.1 Å². The first-order valence-corrected chi connectivity index (χ1v) is 6.28. The summed E-state index contributed by atoms with van der Waals surface area (Å²) < 4.78 is 1.09. The van der Waals surface area contributed by atoms with Crippen molar-refractivity contribution in [3.05, 3.63) is 28.7 Å². The smallest absolute Gasteiger partial charge is 0.0706 e. The second kappa shape index (κ2) is 4.10. The molecule has 1 aromatic carbocycles. The van der Waals surface area contributed by atoms with Crippen molar-refractivity contribution in [1.29, 1.82) is 5.26 Å². The Morgan fingerprint density at radius 3 is 2.50 bits per heavy atom. The molecule has 0 amide bonds. The molecular weight excluding hydrogens is 264 g/mol. The maximum atomic E-state index is 9.13. The van der Waals surface area contributed by atoms with Crippen molar-refractivity contribution in [2.24, 2.45) is 5.92 Å². The highest BCUT2D eigenvalue weighted by Gasteiger charge is 2.41. The van der Waals surface area contributed by atoms with Gasteiger partial charge >= 0.3 is 0 Å². The normalized spacial score (nSPS) is 23.1. The zero-order valence-electron chi connectivity index (χ0n) is 9.57. The number of benzene rings is 1. The van der Waals surface area contributed by atoms with Gasteiger partial charge in [-0.2, -0.15) is 5.26 Å². The van der Waals surface area contributed by atoms with E-state index in [4.69, 9.17) is 5.26 Å². The quantitative estimate of drug-likeness (QED) is 0.785. The number of nitriles is 1. The lowest BCUT2D eigenvalue weighted by Crippen LogP contribution is -2.42. The molecule has 0 saturated carbocycles. The van der Waals surface area contributed by atoms with Crippen LogP contribution in [0.3, 0.4) is 0 Å². The summed E-state index contributed by atoms with van der Waals surface area (Å²) in [5.41, 5.74) is 1.13. The van der Waals surface area contributed by atoms with Gasteiger partial charge < -0.3 is 4.90 Å². The number of halogens is 1. The lowest BCUT2D eigenvalue weighted by molar-refractivity contribution is 0.439. The Bertz CT molecular complexity index is 417. The van der Waals surface area contributed by atoms with E-state index in [1.54, 1.807) is 0 Å². The summed E-state index contributed by atoms with van der Waals surface area (Å²) >= 11 is 3.44. The molecule has 3 heteroatoms. The molecule has 0 bridgehead atoms. The van der Waals surface area contributed by atoms with E-state index >= 15 is 0 Å². The molecule has 1 aromatic rings. The van der Waals surface area contributed by atoms with Gasteiger partial charge in [-0.3, -0.25) is 0 Å². The predicted octanol–water partition coefficient (Wildman–Crippen LogP) is 3.58. The molecule has 2 nitrogen and oxygen atoms in total. The predicted molar refractivity (Wildman–Crippen MR) is 69.3 cm³/mol. The zero-order chi connectivity index (χ0) is 11.8. The van der Waals surface area contributed by atoms with Gasteiger partial charge in [-0.05, 0) is 44.5 Å². The Labute approximate surface area is 105 Å². The molecule has 1 aliphatic heterocycles. The van der Waals surface area contributed by atoms with E-state index < -0.39 is 0 Å². The Kier molecular flexibility index (Phi) is 2.94. The highest BCUT2D eigenvalue weighted by molar-refractivity contribution is 9.10. The van der Waals surface area contributed by atoms with Crippen molar-refractivity contribution in [1.82, 2.24) is 0 Å². The SMILES string of the molecule is CC1(C)C(C#N)CCN1c1ccc(Br)cc1. The molecule has 0 N–H and O–H groups in total. The Hall–Kier alpha value is -1.01. The first-order chi connectivity index (χ1) is 7.55. The topological polar surface area (TPSA) is 27.0 Å². The first-order valence-electron chi connectivity index (χ1n) is 5.48. The number of hydrogen-bond donors (Lipinski definition) is 0. The molecule has 1 fully saturated rings. The van der Waals surface area contributed by atoms with Gasteiger partial charge in [-0.25, -0.2) is 0 Å². The third-order valence-corrected chi connectivity index (χ3v) is 4.01. The van der Waals surface area contributed by atoms with E-state index in [0.29, 0.717) is 0 Å². The number of nitrogens with zero attached hydrogens (tertiary/aromatic N) is 2. The maximum Gasteiger partial charge on any atom is 0.0706 e. The largest absolute Gasteiger partial charge is 0.365 e. The van der Waals surface area contributed by atoms with Gasteiger partial charge in [0.15, 0.2) is 0 Å². The summed E-state index contributed by atoms with van der Waals surface area (Å²) in [5.74, 6) is 0.121. The molecule has 84 valence electrons. The monoisotopic (exact) mass is 278 g/mol. The van der Waals surface area contributed by atoms with Crippen LogP contribution < -0.4 is 4.90 Å². The van der Waals surface area contributed by atoms with Crippen LogP contribution in [0.1, 0.15) is 20.3 Å². The molecule has 0 spiro atoms. The summed E-state index contributed by atoms with van der Waals surface area (Å²) in [6.45, 7) is 5.26. The second-order valence-electron chi connectivity index (χ2n) is 4.75. The summed E-state index contributed by atoms with van der Waals surface area (Å²) in [4.78, 5) is 2.33. The van der Waals surface area contributed by atoms with Crippen molar-refractivity contribution >= 4 is 21.6 Å². The van der Waals surface area contributed by atoms with E-state index in [1.807, 2.05) is 12.1 Å². The fourth-order valence-corrected chi connectivity index (χ4v) is 2.66. The van der Waals surface area contributed by atoms with E-state index in [-0.39, 0.29) is 11.5 Å². The van der Waals surface area contributed by atoms with Crippen LogP contribution in [0.5, 0.6) is 0 Å². The molecule has 0 aromatic heterocycles. The van der Waals surface area contributed by atoms with E-state index in [9.17, 15) is 0 Å². The maximum absolute atomic E-state index is 9.13. The molecular formula is C13H15BrN2. The molecule has 1 atom stereocenters. The lowest BCUT2D eigenvalue weighted by Gasteiger charge is -2.35. The van der Waals surface area contributed by atoms with Gasteiger partial charge in [-0.1, -0.05) is 15.9 Å². The summed E-state index contributed by atoms with van der Waals surface area (Å²) in [6.07, 6.45) is 0.958. The second-order valence-corrected chi connectivity index (χ2v) is 5.67. The van der Waals surface area contributed by atoms with E-state index in [0.717, 1.165) is 17.4 Å². The van der Waals surface area contributed by atoms with Crippen molar-refractivity contribution < 1.29 is 0 Å². The number of hydrogen-bond acceptors (Lipinski definition) is 2. The number of anilines is 1. The average Bonchev–Trinajstić information content (AvgIpc) is 2.54. The molecule has 0 radical (unpaired) electrons. The third-order valence-electron chi connectivity index (χ3n) is 3.48. The summed E-state index contributed by atoms with van der Waals surface area (Å²) in [5, 5.41) is 9.13. The fourth-order valence-electron chi connectivity index (χ4n) is 2.39. The molecule has 1 saturated heterocycles. The van der Waals surface area contributed by atoms with Crippen molar-refractivity contribution in [3.8, 4) is 6.07 Å². The standard InChI is InChI=1S/C13H15BrN2/c1-13(2)10(9-15)7-8-16(13)12-5-3-11(14)4-6-12/h3-6,10H,7-8H2,1-2H3. The van der Waals surface area contributed by atoms with Crippen molar-refractivity contribution in [3.63, 3.8) is 0 Å². The number of rotatable bonds is 1.